The third-order valence-corrected chi connectivity index (χ3v) is 9.09. The summed E-state index contributed by atoms with van der Waals surface area (Å²) in [6, 6.07) is 13.9. The lowest BCUT2D eigenvalue weighted by Gasteiger charge is -2.27. The van der Waals surface area contributed by atoms with Gasteiger partial charge in [-0.2, -0.15) is 4.31 Å². The first-order chi connectivity index (χ1) is 19.5. The number of nitrogens with one attached hydrogen (secondary N) is 1. The number of methoxy groups -OCH3 is 2. The largest absolute Gasteiger partial charge is 0.493 e. The first-order valence-corrected chi connectivity index (χ1v) is 14.6. The number of carbonyl (C=O) groups excluding carboxylic acids is 3. The maximum absolute atomic E-state index is 14.0. The molecule has 4 rings (SSSR count). The second-order valence-electron chi connectivity index (χ2n) is 9.15. The van der Waals surface area contributed by atoms with Crippen LogP contribution in [0.2, 0.25) is 10.0 Å². The van der Waals surface area contributed by atoms with Gasteiger partial charge in [-0.3, -0.25) is 14.4 Å². The topological polar surface area (TPSA) is 122 Å². The van der Waals surface area contributed by atoms with Crippen LogP contribution in [0.3, 0.4) is 0 Å². The third-order valence-electron chi connectivity index (χ3n) is 6.47. The Balaban J connectivity index is 1.70. The van der Waals surface area contributed by atoms with Crippen LogP contribution in [0.5, 0.6) is 11.5 Å². The quantitative estimate of drug-likeness (QED) is 0.331. The molecule has 0 aromatic heterocycles. The Morgan fingerprint density at radius 1 is 1.00 bits per heavy atom. The lowest BCUT2D eigenvalue weighted by Crippen LogP contribution is -2.46. The molecule has 3 amide bonds. The molecule has 3 aromatic rings. The highest BCUT2D eigenvalue weighted by Crippen LogP contribution is 2.34. The van der Waals surface area contributed by atoms with Crippen LogP contribution in [0.25, 0.3) is 0 Å². The van der Waals surface area contributed by atoms with Crippen molar-refractivity contribution in [3.05, 3.63) is 76.3 Å². The van der Waals surface area contributed by atoms with E-state index in [9.17, 15) is 22.8 Å². The number of ether oxygens (including phenoxy) is 2. The van der Waals surface area contributed by atoms with Gasteiger partial charge in [0.05, 0.1) is 31.4 Å². The molecule has 1 atom stereocenters. The Labute approximate surface area is 247 Å². The van der Waals surface area contributed by atoms with E-state index in [0.717, 1.165) is 9.21 Å². The van der Waals surface area contributed by atoms with Crippen LogP contribution in [-0.4, -0.2) is 57.3 Å². The zero-order chi connectivity index (χ0) is 29.9. The Bertz CT molecular complexity index is 1600. The van der Waals surface area contributed by atoms with Crippen molar-refractivity contribution in [3.8, 4) is 11.5 Å². The fourth-order valence-electron chi connectivity index (χ4n) is 4.53. The van der Waals surface area contributed by atoms with Crippen molar-refractivity contribution in [3.63, 3.8) is 0 Å². The van der Waals surface area contributed by atoms with Crippen molar-refractivity contribution in [1.29, 1.82) is 0 Å². The highest BCUT2D eigenvalue weighted by molar-refractivity contribution is 7.89. The van der Waals surface area contributed by atoms with Crippen LogP contribution in [0.4, 0.5) is 11.4 Å². The number of amides is 3. The fraction of sp³-hybridized carbons (Fsp3) is 0.250. The molecular formula is C28H27Cl2N3O7S. The second kappa shape index (κ2) is 12.5. The van der Waals surface area contributed by atoms with E-state index >= 15 is 0 Å². The minimum atomic E-state index is -4.40. The average molecular weight is 621 g/mol. The number of nitrogens with zero attached hydrogens (tertiary/aromatic N) is 2. The van der Waals surface area contributed by atoms with E-state index in [0.29, 0.717) is 22.7 Å². The second-order valence-corrected chi connectivity index (χ2v) is 11.8. The van der Waals surface area contributed by atoms with Gasteiger partial charge in [-0.05, 0) is 66.6 Å². The van der Waals surface area contributed by atoms with E-state index in [4.69, 9.17) is 32.7 Å². The highest BCUT2D eigenvalue weighted by Gasteiger charge is 2.47. The third kappa shape index (κ3) is 6.48. The molecule has 1 N–H and O–H groups in total. The molecule has 1 aliphatic heterocycles. The van der Waals surface area contributed by atoms with E-state index in [1.54, 1.807) is 30.3 Å². The molecule has 41 heavy (non-hydrogen) atoms. The number of hydrogen-bond donors (Lipinski definition) is 1. The van der Waals surface area contributed by atoms with Crippen molar-refractivity contribution in [2.75, 3.05) is 31.0 Å². The van der Waals surface area contributed by atoms with Crippen molar-refractivity contribution < 1.29 is 32.3 Å². The normalized spacial score (nSPS) is 15.4. The highest BCUT2D eigenvalue weighted by atomic mass is 35.5. The smallest absolute Gasteiger partial charge is 0.252 e. The van der Waals surface area contributed by atoms with E-state index in [1.807, 2.05) is 0 Å². The number of benzene rings is 3. The molecule has 0 bridgehead atoms. The minimum Gasteiger partial charge on any atom is -0.493 e. The predicted octanol–water partition coefficient (Wildman–Crippen LogP) is 4.53. The molecule has 1 fully saturated rings. The molecule has 0 radical (unpaired) electrons. The molecule has 3 aromatic carbocycles. The lowest BCUT2D eigenvalue weighted by molar-refractivity contribution is -0.122. The van der Waals surface area contributed by atoms with Crippen LogP contribution in [0.15, 0.2) is 65.6 Å². The molecule has 0 aliphatic carbocycles. The Morgan fingerprint density at radius 2 is 1.68 bits per heavy atom. The summed E-state index contributed by atoms with van der Waals surface area (Å²) in [6.07, 6.45) is -0.198. The number of imide groups is 1. The molecule has 1 heterocycles. The maximum atomic E-state index is 14.0. The van der Waals surface area contributed by atoms with Gasteiger partial charge in [0, 0.05) is 24.2 Å². The van der Waals surface area contributed by atoms with Crippen LogP contribution in [-0.2, 0) is 30.8 Å². The summed E-state index contributed by atoms with van der Waals surface area (Å²) in [6.45, 7) is 1.20. The zero-order valence-electron chi connectivity index (χ0n) is 22.4. The summed E-state index contributed by atoms with van der Waals surface area (Å²) in [5.41, 5.74) is 1.43. The maximum Gasteiger partial charge on any atom is 0.252 e. The number of halogens is 2. The van der Waals surface area contributed by atoms with E-state index < -0.39 is 27.9 Å². The summed E-state index contributed by atoms with van der Waals surface area (Å²) in [7, 11) is -1.42. The molecular weight excluding hydrogens is 593 g/mol. The number of anilines is 2. The van der Waals surface area contributed by atoms with Gasteiger partial charge in [0.1, 0.15) is 10.9 Å². The zero-order valence-corrected chi connectivity index (χ0v) is 24.7. The van der Waals surface area contributed by atoms with Crippen LogP contribution in [0, 0.1) is 0 Å². The molecule has 216 valence electrons. The Morgan fingerprint density at radius 3 is 2.32 bits per heavy atom. The lowest BCUT2D eigenvalue weighted by atomic mass is 10.1. The summed E-state index contributed by atoms with van der Waals surface area (Å²) in [5.74, 6) is -0.602. The summed E-state index contributed by atoms with van der Waals surface area (Å²) >= 11 is 12.4. The molecule has 13 heteroatoms. The number of sulfonamides is 1. The summed E-state index contributed by atoms with van der Waals surface area (Å²) < 4.78 is 39.6. The monoisotopic (exact) mass is 619 g/mol. The first-order valence-electron chi connectivity index (χ1n) is 12.4. The van der Waals surface area contributed by atoms with Crippen molar-refractivity contribution >= 4 is 62.3 Å². The van der Waals surface area contributed by atoms with Gasteiger partial charge in [-0.1, -0.05) is 29.3 Å². The van der Waals surface area contributed by atoms with Gasteiger partial charge < -0.3 is 14.8 Å². The van der Waals surface area contributed by atoms with Gasteiger partial charge in [0.2, 0.25) is 21.8 Å². The number of carbonyl (C=O) groups is 3. The molecule has 1 aliphatic rings. The van der Waals surface area contributed by atoms with E-state index in [1.165, 1.54) is 51.5 Å². The first kappa shape index (κ1) is 30.3. The summed E-state index contributed by atoms with van der Waals surface area (Å²) in [5, 5.41) is 2.68. The number of hydrogen-bond acceptors (Lipinski definition) is 7. The van der Waals surface area contributed by atoms with Crippen LogP contribution >= 0.6 is 23.2 Å². The molecule has 0 saturated carbocycles. The van der Waals surface area contributed by atoms with Crippen molar-refractivity contribution in [2.45, 2.75) is 30.7 Å². The van der Waals surface area contributed by atoms with E-state index in [-0.39, 0.29) is 45.9 Å². The number of rotatable bonds is 10. The van der Waals surface area contributed by atoms with Crippen molar-refractivity contribution in [2.24, 2.45) is 0 Å². The van der Waals surface area contributed by atoms with Gasteiger partial charge in [0.25, 0.3) is 5.91 Å². The van der Waals surface area contributed by atoms with Crippen molar-refractivity contribution in [1.82, 2.24) is 4.31 Å². The standard InChI is InChI=1S/C28H27Cl2N3O7S/c1-17(34)31-20-6-8-21(9-7-20)33-27(35)16-23(28(33)36)32(41(37,38)26-15-19(29)5-10-22(26)30)13-12-18-4-11-24(39-2)25(14-18)40-3/h4-11,14-15,23H,12-13,16H2,1-3H3,(H,31,34). The summed E-state index contributed by atoms with van der Waals surface area (Å²) in [4.78, 5) is 38.8. The van der Waals surface area contributed by atoms with Crippen LogP contribution < -0.4 is 19.7 Å². The van der Waals surface area contributed by atoms with Crippen LogP contribution in [0.1, 0.15) is 18.9 Å². The van der Waals surface area contributed by atoms with E-state index in [2.05, 4.69) is 5.32 Å². The SMILES string of the molecule is COc1ccc(CCN(C2CC(=O)N(c3ccc(NC(C)=O)cc3)C2=O)S(=O)(=O)c2cc(Cl)ccc2Cl)cc1OC. The van der Waals surface area contributed by atoms with Gasteiger partial charge in [-0.25, -0.2) is 13.3 Å². The molecule has 10 nitrogen and oxygen atoms in total. The Hall–Kier alpha value is -3.64. The molecule has 0 spiro atoms. The molecule has 1 unspecified atom stereocenters. The average Bonchev–Trinajstić information content (AvgIpc) is 3.22. The fourth-order valence-corrected chi connectivity index (χ4v) is 6.85. The predicted molar refractivity (Wildman–Crippen MR) is 155 cm³/mol. The van der Waals surface area contributed by atoms with Gasteiger partial charge in [-0.15, -0.1) is 0 Å². The minimum absolute atomic E-state index is 0.0762. The van der Waals surface area contributed by atoms with Gasteiger partial charge >= 0.3 is 0 Å². The van der Waals surface area contributed by atoms with Gasteiger partial charge in [0.15, 0.2) is 11.5 Å². The Kier molecular flexibility index (Phi) is 9.23. The molecule has 1 saturated heterocycles.